The number of benzene rings is 2. The first kappa shape index (κ1) is 27.9. The number of alkyl carbamates (subject to hydrolysis) is 1. The molecule has 2 atom stereocenters. The fraction of sp³-hybridized carbons (Fsp3) is 0.500. The molecular formula is C28H36ClFN2O4. The van der Waals surface area contributed by atoms with Gasteiger partial charge in [0.05, 0.1) is 12.5 Å². The van der Waals surface area contributed by atoms with Gasteiger partial charge in [0.25, 0.3) is 0 Å². The Hall–Kier alpha value is -2.64. The van der Waals surface area contributed by atoms with Gasteiger partial charge < -0.3 is 19.7 Å². The summed E-state index contributed by atoms with van der Waals surface area (Å²) in [6, 6.07) is 11.6. The van der Waals surface area contributed by atoms with Crippen LogP contribution in [0, 0.1) is 11.7 Å². The Morgan fingerprint density at radius 1 is 1.14 bits per heavy atom. The molecule has 6 nitrogen and oxygen atoms in total. The smallest absolute Gasteiger partial charge is 0.407 e. The first-order valence-corrected chi connectivity index (χ1v) is 12.8. The number of nitrogens with one attached hydrogen (secondary N) is 1. The second-order valence-corrected chi connectivity index (χ2v) is 10.6. The van der Waals surface area contributed by atoms with Crippen molar-refractivity contribution in [1.82, 2.24) is 10.2 Å². The van der Waals surface area contributed by atoms with Crippen LogP contribution in [0.3, 0.4) is 0 Å². The number of ether oxygens (including phenoxy) is 2. The van der Waals surface area contributed by atoms with Crippen LogP contribution in [0.5, 0.6) is 0 Å². The largest absolute Gasteiger partial charge is 0.466 e. The third-order valence-corrected chi connectivity index (χ3v) is 6.25. The molecule has 1 aliphatic heterocycles. The Kier molecular flexibility index (Phi) is 9.74. The van der Waals surface area contributed by atoms with Crippen molar-refractivity contribution < 1.29 is 23.5 Å². The summed E-state index contributed by atoms with van der Waals surface area (Å²) in [5, 5.41) is 3.42. The van der Waals surface area contributed by atoms with E-state index in [-0.39, 0.29) is 23.7 Å². The molecular weight excluding hydrogens is 483 g/mol. The van der Waals surface area contributed by atoms with Gasteiger partial charge in [0.2, 0.25) is 0 Å². The third kappa shape index (κ3) is 8.49. The van der Waals surface area contributed by atoms with E-state index in [1.165, 1.54) is 12.1 Å². The lowest BCUT2D eigenvalue weighted by Crippen LogP contribution is -2.46. The molecule has 0 radical (unpaired) electrons. The SMILES string of the molecule is CCOC(=O)C(CC(Cc1ccc(-c2cc(Cl)ccc2F)cc1)NC(=O)OC(C)(C)C)CN1CCC1. The monoisotopic (exact) mass is 518 g/mol. The number of likely N-dealkylation sites (tertiary alicyclic amines) is 1. The Bertz CT molecular complexity index is 1030. The van der Waals surface area contributed by atoms with Crippen molar-refractivity contribution in [2.45, 2.75) is 58.6 Å². The molecule has 0 aromatic heterocycles. The summed E-state index contributed by atoms with van der Waals surface area (Å²) in [5.41, 5.74) is 1.43. The highest BCUT2D eigenvalue weighted by atomic mass is 35.5. The number of nitrogens with zero attached hydrogens (tertiary/aromatic N) is 1. The predicted octanol–water partition coefficient (Wildman–Crippen LogP) is 5.86. The molecule has 3 rings (SSSR count). The number of rotatable bonds is 10. The van der Waals surface area contributed by atoms with Gasteiger partial charge in [0.15, 0.2) is 0 Å². The Balaban J connectivity index is 1.78. The minimum absolute atomic E-state index is 0.257. The Morgan fingerprint density at radius 2 is 1.83 bits per heavy atom. The van der Waals surface area contributed by atoms with Crippen molar-refractivity contribution in [1.29, 1.82) is 0 Å². The van der Waals surface area contributed by atoms with Crippen LogP contribution < -0.4 is 5.32 Å². The molecule has 0 bridgehead atoms. The molecule has 1 heterocycles. The van der Waals surface area contributed by atoms with E-state index in [1.807, 2.05) is 24.3 Å². The lowest BCUT2D eigenvalue weighted by molar-refractivity contribution is -0.149. The van der Waals surface area contributed by atoms with Gasteiger partial charge in [-0.15, -0.1) is 0 Å². The summed E-state index contributed by atoms with van der Waals surface area (Å²) < 4.78 is 25.1. The minimum atomic E-state index is -0.643. The van der Waals surface area contributed by atoms with Crippen LogP contribution in [0.1, 0.15) is 46.1 Å². The van der Waals surface area contributed by atoms with Crippen molar-refractivity contribution in [2.75, 3.05) is 26.2 Å². The standard InChI is InChI=1S/C28H36ClFN2O4/c1-5-35-26(33)21(18-32-13-6-14-32)16-23(31-27(34)36-28(2,3)4)15-19-7-9-20(10-8-19)24-17-22(29)11-12-25(24)30/h7-12,17,21,23H,5-6,13-16,18H2,1-4H3,(H,31,34). The fourth-order valence-corrected chi connectivity index (χ4v) is 4.39. The first-order valence-electron chi connectivity index (χ1n) is 12.5. The number of hydrogen-bond donors (Lipinski definition) is 1. The Labute approximate surface area is 218 Å². The average Bonchev–Trinajstić information content (AvgIpc) is 2.76. The highest BCUT2D eigenvalue weighted by molar-refractivity contribution is 6.30. The molecule has 196 valence electrons. The van der Waals surface area contributed by atoms with Gasteiger partial charge in [-0.1, -0.05) is 35.9 Å². The maximum absolute atomic E-state index is 14.3. The molecule has 2 aromatic rings. The van der Waals surface area contributed by atoms with Crippen LogP contribution in [0.2, 0.25) is 5.02 Å². The van der Waals surface area contributed by atoms with Gasteiger partial charge in [0.1, 0.15) is 11.4 Å². The van der Waals surface area contributed by atoms with E-state index in [9.17, 15) is 14.0 Å². The number of esters is 1. The fourth-order valence-electron chi connectivity index (χ4n) is 4.22. The van der Waals surface area contributed by atoms with Gasteiger partial charge in [-0.3, -0.25) is 4.79 Å². The van der Waals surface area contributed by atoms with Crippen molar-refractivity contribution >= 4 is 23.7 Å². The van der Waals surface area contributed by atoms with Crippen LogP contribution >= 0.6 is 11.6 Å². The molecule has 1 N–H and O–H groups in total. The van der Waals surface area contributed by atoms with Gasteiger partial charge in [0, 0.05) is 23.2 Å². The molecule has 8 heteroatoms. The topological polar surface area (TPSA) is 67.9 Å². The van der Waals surface area contributed by atoms with Crippen LogP contribution in [0.4, 0.5) is 9.18 Å². The van der Waals surface area contributed by atoms with Crippen molar-refractivity contribution in [3.05, 3.63) is 58.9 Å². The van der Waals surface area contributed by atoms with E-state index >= 15 is 0 Å². The summed E-state index contributed by atoms with van der Waals surface area (Å²) in [7, 11) is 0. The van der Waals surface area contributed by atoms with Gasteiger partial charge in [-0.2, -0.15) is 0 Å². The molecule has 2 unspecified atom stereocenters. The number of hydrogen-bond acceptors (Lipinski definition) is 5. The zero-order chi connectivity index (χ0) is 26.3. The molecule has 0 aliphatic carbocycles. The summed E-state index contributed by atoms with van der Waals surface area (Å²) in [6.45, 7) is 10.0. The van der Waals surface area contributed by atoms with Crippen LogP contribution in [-0.4, -0.2) is 54.8 Å². The molecule has 1 amide bonds. The number of carbonyl (C=O) groups excluding carboxylic acids is 2. The first-order chi connectivity index (χ1) is 17.0. The molecule has 0 spiro atoms. The van der Waals surface area contributed by atoms with Crippen LogP contribution in [-0.2, 0) is 20.7 Å². The molecule has 1 fully saturated rings. The summed E-state index contributed by atoms with van der Waals surface area (Å²) in [4.78, 5) is 27.6. The number of carbonyl (C=O) groups is 2. The molecule has 2 aromatic carbocycles. The second-order valence-electron chi connectivity index (χ2n) is 10.2. The second kappa shape index (κ2) is 12.5. The summed E-state index contributed by atoms with van der Waals surface area (Å²) in [5.74, 6) is -0.975. The number of halogens is 2. The van der Waals surface area contributed by atoms with E-state index in [2.05, 4.69) is 10.2 Å². The molecule has 36 heavy (non-hydrogen) atoms. The van der Waals surface area contributed by atoms with E-state index in [4.69, 9.17) is 21.1 Å². The molecule has 0 saturated carbocycles. The third-order valence-electron chi connectivity index (χ3n) is 6.01. The predicted molar refractivity (Wildman–Crippen MR) is 140 cm³/mol. The average molecular weight is 519 g/mol. The normalized spacial score (nSPS) is 15.5. The van der Waals surface area contributed by atoms with E-state index in [1.54, 1.807) is 33.8 Å². The van der Waals surface area contributed by atoms with E-state index in [0.717, 1.165) is 25.1 Å². The molecule has 1 saturated heterocycles. The van der Waals surface area contributed by atoms with Crippen molar-refractivity contribution in [2.24, 2.45) is 5.92 Å². The number of amides is 1. The quantitative estimate of drug-likeness (QED) is 0.399. The van der Waals surface area contributed by atoms with E-state index in [0.29, 0.717) is 42.1 Å². The minimum Gasteiger partial charge on any atom is -0.466 e. The maximum Gasteiger partial charge on any atom is 0.407 e. The maximum atomic E-state index is 14.3. The lowest BCUT2D eigenvalue weighted by atomic mass is 9.93. The van der Waals surface area contributed by atoms with Gasteiger partial charge in [-0.05, 0) is 89.4 Å². The van der Waals surface area contributed by atoms with E-state index < -0.39 is 11.7 Å². The van der Waals surface area contributed by atoms with Crippen LogP contribution in [0.15, 0.2) is 42.5 Å². The highest BCUT2D eigenvalue weighted by Gasteiger charge is 2.30. The van der Waals surface area contributed by atoms with Gasteiger partial charge >= 0.3 is 12.1 Å². The lowest BCUT2D eigenvalue weighted by Gasteiger charge is -2.34. The summed E-state index contributed by atoms with van der Waals surface area (Å²) in [6.07, 6.45) is 1.48. The Morgan fingerprint density at radius 3 is 2.42 bits per heavy atom. The van der Waals surface area contributed by atoms with Crippen molar-refractivity contribution in [3.63, 3.8) is 0 Å². The highest BCUT2D eigenvalue weighted by Crippen LogP contribution is 2.27. The van der Waals surface area contributed by atoms with Crippen molar-refractivity contribution in [3.8, 4) is 11.1 Å². The van der Waals surface area contributed by atoms with Gasteiger partial charge in [-0.25, -0.2) is 9.18 Å². The summed E-state index contributed by atoms with van der Waals surface area (Å²) >= 11 is 6.05. The zero-order valence-electron chi connectivity index (χ0n) is 21.5. The molecule has 1 aliphatic rings. The zero-order valence-corrected chi connectivity index (χ0v) is 22.2. The van der Waals surface area contributed by atoms with Crippen LogP contribution in [0.25, 0.3) is 11.1 Å².